The maximum atomic E-state index is 4.45. The molecule has 4 nitrogen and oxygen atoms in total. The van der Waals surface area contributed by atoms with Crippen molar-refractivity contribution in [3.8, 4) is 0 Å². The highest BCUT2D eigenvalue weighted by Gasteiger charge is 2.02. The zero-order valence-corrected chi connectivity index (χ0v) is 10.9. The maximum Gasteiger partial charge on any atom is 0.177 e. The summed E-state index contributed by atoms with van der Waals surface area (Å²) in [6.07, 6.45) is 2.61. The van der Waals surface area contributed by atoms with Crippen LogP contribution in [0.15, 0.2) is 42.6 Å². The molecule has 4 heteroatoms. The van der Waals surface area contributed by atoms with Gasteiger partial charge in [0, 0.05) is 24.8 Å². The molecule has 0 saturated heterocycles. The highest BCUT2D eigenvalue weighted by Crippen LogP contribution is 2.10. The van der Waals surface area contributed by atoms with Gasteiger partial charge in [-0.25, -0.2) is 9.97 Å². The molecule has 3 aromatic rings. The minimum absolute atomic E-state index is 0.785. The van der Waals surface area contributed by atoms with Crippen LogP contribution in [0.1, 0.15) is 11.4 Å². The van der Waals surface area contributed by atoms with Crippen molar-refractivity contribution in [1.82, 2.24) is 15.0 Å². The van der Waals surface area contributed by atoms with Crippen LogP contribution in [0, 0.1) is 6.92 Å². The normalized spacial score (nSPS) is 10.8. The number of anilines is 1. The van der Waals surface area contributed by atoms with Gasteiger partial charge in [-0.1, -0.05) is 17.7 Å². The van der Waals surface area contributed by atoms with Gasteiger partial charge in [0.05, 0.1) is 5.52 Å². The molecule has 0 atom stereocenters. The van der Waals surface area contributed by atoms with Gasteiger partial charge >= 0.3 is 0 Å². The van der Waals surface area contributed by atoms with E-state index >= 15 is 0 Å². The van der Waals surface area contributed by atoms with Gasteiger partial charge in [-0.2, -0.15) is 0 Å². The van der Waals surface area contributed by atoms with E-state index in [1.807, 2.05) is 12.1 Å². The average molecular weight is 252 g/mol. The van der Waals surface area contributed by atoms with E-state index in [0.717, 1.165) is 35.6 Å². The summed E-state index contributed by atoms with van der Waals surface area (Å²) in [6.45, 7) is 2.94. The molecule has 2 N–H and O–H groups in total. The maximum absolute atomic E-state index is 4.45. The Labute approximate surface area is 111 Å². The van der Waals surface area contributed by atoms with E-state index in [9.17, 15) is 0 Å². The molecule has 1 aromatic carbocycles. The van der Waals surface area contributed by atoms with Gasteiger partial charge in [0.1, 0.15) is 5.82 Å². The molecule has 2 aromatic heterocycles. The van der Waals surface area contributed by atoms with E-state index in [1.54, 1.807) is 6.20 Å². The fourth-order valence-electron chi connectivity index (χ4n) is 2.01. The van der Waals surface area contributed by atoms with E-state index in [4.69, 9.17) is 0 Å². The predicted octanol–water partition coefficient (Wildman–Crippen LogP) is 2.92. The number of H-pyrrole nitrogens is 1. The van der Waals surface area contributed by atoms with E-state index in [1.165, 1.54) is 5.56 Å². The van der Waals surface area contributed by atoms with Gasteiger partial charge in [-0.15, -0.1) is 0 Å². The summed E-state index contributed by atoms with van der Waals surface area (Å²) in [5.41, 5.74) is 4.19. The SMILES string of the molecule is Cc1ccc(NCCc2nc3ncccc3[nH]2)cc1. The van der Waals surface area contributed by atoms with E-state index in [2.05, 4.69) is 51.5 Å². The zero-order chi connectivity index (χ0) is 13.1. The lowest BCUT2D eigenvalue weighted by Gasteiger charge is -2.05. The van der Waals surface area contributed by atoms with Crippen LogP contribution in [0.4, 0.5) is 5.69 Å². The molecule has 0 fully saturated rings. The first-order valence-corrected chi connectivity index (χ1v) is 6.41. The van der Waals surface area contributed by atoms with Crippen molar-refractivity contribution in [3.63, 3.8) is 0 Å². The summed E-state index contributed by atoms with van der Waals surface area (Å²) in [4.78, 5) is 11.9. The third kappa shape index (κ3) is 2.73. The van der Waals surface area contributed by atoms with Gasteiger partial charge in [0.2, 0.25) is 0 Å². The predicted molar refractivity (Wildman–Crippen MR) is 77.3 cm³/mol. The van der Waals surface area contributed by atoms with Crippen LogP contribution >= 0.6 is 0 Å². The number of hydrogen-bond acceptors (Lipinski definition) is 3. The fourth-order valence-corrected chi connectivity index (χ4v) is 2.01. The number of hydrogen-bond donors (Lipinski definition) is 2. The van der Waals surface area contributed by atoms with Gasteiger partial charge < -0.3 is 10.3 Å². The second kappa shape index (κ2) is 5.10. The highest BCUT2D eigenvalue weighted by molar-refractivity contribution is 5.69. The van der Waals surface area contributed by atoms with E-state index in [0.29, 0.717) is 0 Å². The molecular formula is C15H16N4. The molecule has 2 heterocycles. The van der Waals surface area contributed by atoms with Crippen molar-refractivity contribution in [3.05, 3.63) is 54.0 Å². The lowest BCUT2D eigenvalue weighted by atomic mass is 10.2. The minimum Gasteiger partial charge on any atom is -0.385 e. The first-order valence-electron chi connectivity index (χ1n) is 6.41. The van der Waals surface area contributed by atoms with Crippen LogP contribution in [-0.4, -0.2) is 21.5 Å². The number of aromatic amines is 1. The Balaban J connectivity index is 1.61. The molecule has 0 aliphatic rings. The zero-order valence-electron chi connectivity index (χ0n) is 10.9. The molecule has 96 valence electrons. The van der Waals surface area contributed by atoms with E-state index in [-0.39, 0.29) is 0 Å². The standard InChI is InChI=1S/C15H16N4/c1-11-4-6-12(7-5-11)16-10-8-14-18-13-3-2-9-17-15(13)19-14/h2-7,9,16H,8,10H2,1H3,(H,17,18,19). The van der Waals surface area contributed by atoms with Crippen LogP contribution in [0.25, 0.3) is 11.2 Å². The molecule has 19 heavy (non-hydrogen) atoms. The number of aryl methyl sites for hydroxylation is 1. The van der Waals surface area contributed by atoms with Crippen molar-refractivity contribution in [2.75, 3.05) is 11.9 Å². The quantitative estimate of drug-likeness (QED) is 0.750. The molecule has 0 aliphatic heterocycles. The lowest BCUT2D eigenvalue weighted by Crippen LogP contribution is -2.05. The molecule has 0 bridgehead atoms. The Morgan fingerprint density at radius 3 is 2.79 bits per heavy atom. The van der Waals surface area contributed by atoms with Crippen molar-refractivity contribution in [2.24, 2.45) is 0 Å². The molecule has 0 unspecified atom stereocenters. The Morgan fingerprint density at radius 2 is 2.00 bits per heavy atom. The molecule has 0 saturated carbocycles. The first-order chi connectivity index (χ1) is 9.31. The first kappa shape index (κ1) is 11.7. The third-order valence-corrected chi connectivity index (χ3v) is 3.05. The Kier molecular flexibility index (Phi) is 3.14. The Bertz CT molecular complexity index is 637. The summed E-state index contributed by atoms with van der Waals surface area (Å²) in [7, 11) is 0. The minimum atomic E-state index is 0.785. The van der Waals surface area contributed by atoms with Crippen LogP contribution in [-0.2, 0) is 6.42 Å². The largest absolute Gasteiger partial charge is 0.385 e. The molecule has 0 amide bonds. The number of aromatic nitrogens is 3. The summed E-state index contributed by atoms with van der Waals surface area (Å²) in [6, 6.07) is 12.3. The van der Waals surface area contributed by atoms with Crippen LogP contribution in [0.5, 0.6) is 0 Å². The molecule has 0 spiro atoms. The average Bonchev–Trinajstić information content (AvgIpc) is 2.83. The number of nitrogens with zero attached hydrogens (tertiary/aromatic N) is 2. The van der Waals surface area contributed by atoms with Crippen molar-refractivity contribution >= 4 is 16.9 Å². The van der Waals surface area contributed by atoms with Gasteiger partial charge in [0.25, 0.3) is 0 Å². The summed E-state index contributed by atoms with van der Waals surface area (Å²) in [5, 5.41) is 3.38. The van der Waals surface area contributed by atoms with Gasteiger partial charge in [0.15, 0.2) is 5.65 Å². The van der Waals surface area contributed by atoms with E-state index < -0.39 is 0 Å². The topological polar surface area (TPSA) is 53.6 Å². The second-order valence-electron chi connectivity index (χ2n) is 4.60. The smallest absolute Gasteiger partial charge is 0.177 e. The monoisotopic (exact) mass is 252 g/mol. The summed E-state index contributed by atoms with van der Waals surface area (Å²) >= 11 is 0. The lowest BCUT2D eigenvalue weighted by molar-refractivity contribution is 0.933. The second-order valence-corrected chi connectivity index (χ2v) is 4.60. The number of benzene rings is 1. The van der Waals surface area contributed by atoms with Crippen LogP contribution < -0.4 is 5.32 Å². The summed E-state index contributed by atoms with van der Waals surface area (Å²) < 4.78 is 0. The highest BCUT2D eigenvalue weighted by atomic mass is 15.0. The van der Waals surface area contributed by atoms with Crippen molar-refractivity contribution < 1.29 is 0 Å². The van der Waals surface area contributed by atoms with Gasteiger partial charge in [-0.3, -0.25) is 0 Å². The number of imidazole rings is 1. The number of nitrogens with one attached hydrogen (secondary N) is 2. The fraction of sp³-hybridized carbons (Fsp3) is 0.200. The molecular weight excluding hydrogens is 236 g/mol. The van der Waals surface area contributed by atoms with Crippen molar-refractivity contribution in [2.45, 2.75) is 13.3 Å². The molecule has 0 aliphatic carbocycles. The molecule has 0 radical (unpaired) electrons. The van der Waals surface area contributed by atoms with Crippen molar-refractivity contribution in [1.29, 1.82) is 0 Å². The molecule has 3 rings (SSSR count). The Hall–Kier alpha value is -2.36. The summed E-state index contributed by atoms with van der Waals surface area (Å²) in [5.74, 6) is 0.966. The number of fused-ring (bicyclic) bond motifs is 1. The Morgan fingerprint density at radius 1 is 1.16 bits per heavy atom. The number of pyridine rings is 1. The number of rotatable bonds is 4. The third-order valence-electron chi connectivity index (χ3n) is 3.05. The van der Waals surface area contributed by atoms with Crippen LogP contribution in [0.2, 0.25) is 0 Å². The van der Waals surface area contributed by atoms with Crippen LogP contribution in [0.3, 0.4) is 0 Å². The van der Waals surface area contributed by atoms with Gasteiger partial charge in [-0.05, 0) is 31.2 Å².